The number of halogens is 1. The summed E-state index contributed by atoms with van der Waals surface area (Å²) in [5, 5.41) is 14.8. The SMILES string of the molecule is CC(=O)N[C@@H](Cc1ccc(F)cc1)C(=O)N[C@@H](Cc1ccc(B2OC(C)(C)C(C)(C)O2)cc1)C(=O)O. The molecule has 0 aromatic heterocycles. The van der Waals surface area contributed by atoms with Gasteiger partial charge in [0.05, 0.1) is 11.2 Å². The Balaban J connectivity index is 1.68. The van der Waals surface area contributed by atoms with Crippen LogP contribution in [0.2, 0.25) is 0 Å². The number of hydrogen-bond acceptors (Lipinski definition) is 5. The molecule has 0 aliphatic carbocycles. The number of aliphatic carboxylic acids is 1. The van der Waals surface area contributed by atoms with E-state index in [1.165, 1.54) is 31.2 Å². The molecular formula is C26H32BFN2O6. The highest BCUT2D eigenvalue weighted by atomic mass is 19.1. The van der Waals surface area contributed by atoms with Crippen LogP contribution in [0, 0.1) is 5.82 Å². The second-order valence-electron chi connectivity index (χ2n) is 10.0. The van der Waals surface area contributed by atoms with Crippen molar-refractivity contribution in [3.8, 4) is 0 Å². The molecule has 2 aromatic carbocycles. The van der Waals surface area contributed by atoms with Crippen LogP contribution in [-0.2, 0) is 36.5 Å². The van der Waals surface area contributed by atoms with Crippen LogP contribution in [-0.4, -0.2) is 53.3 Å². The molecule has 0 saturated carbocycles. The van der Waals surface area contributed by atoms with Gasteiger partial charge in [-0.1, -0.05) is 36.4 Å². The van der Waals surface area contributed by atoms with Gasteiger partial charge in [-0.2, -0.15) is 0 Å². The van der Waals surface area contributed by atoms with Crippen LogP contribution in [0.4, 0.5) is 4.39 Å². The number of carbonyl (C=O) groups excluding carboxylic acids is 2. The summed E-state index contributed by atoms with van der Waals surface area (Å²) >= 11 is 0. The highest BCUT2D eigenvalue weighted by Gasteiger charge is 2.51. The molecule has 36 heavy (non-hydrogen) atoms. The maximum absolute atomic E-state index is 13.2. The molecule has 0 unspecified atom stereocenters. The Morgan fingerprint density at radius 1 is 0.861 bits per heavy atom. The van der Waals surface area contributed by atoms with Crippen molar-refractivity contribution in [1.29, 1.82) is 0 Å². The van der Waals surface area contributed by atoms with Crippen LogP contribution < -0.4 is 16.1 Å². The van der Waals surface area contributed by atoms with Crippen molar-refractivity contribution in [2.75, 3.05) is 0 Å². The summed E-state index contributed by atoms with van der Waals surface area (Å²) < 4.78 is 25.3. The van der Waals surface area contributed by atoms with Crippen molar-refractivity contribution in [1.82, 2.24) is 10.6 Å². The number of carboxylic acid groups (broad SMARTS) is 1. The second kappa shape index (κ2) is 10.8. The predicted octanol–water partition coefficient (Wildman–Crippen LogP) is 1.98. The van der Waals surface area contributed by atoms with E-state index in [1.807, 2.05) is 39.8 Å². The lowest BCUT2D eigenvalue weighted by atomic mass is 9.78. The minimum absolute atomic E-state index is 0.0358. The topological polar surface area (TPSA) is 114 Å². The zero-order valence-corrected chi connectivity index (χ0v) is 21.1. The Morgan fingerprint density at radius 2 is 1.33 bits per heavy atom. The lowest BCUT2D eigenvalue weighted by molar-refractivity contribution is -0.142. The molecule has 1 aliphatic heterocycles. The molecule has 1 heterocycles. The van der Waals surface area contributed by atoms with Crippen LogP contribution >= 0.6 is 0 Å². The van der Waals surface area contributed by atoms with Crippen LogP contribution in [0.3, 0.4) is 0 Å². The second-order valence-corrected chi connectivity index (χ2v) is 10.0. The molecule has 3 rings (SSSR count). The van der Waals surface area contributed by atoms with Gasteiger partial charge in [-0.15, -0.1) is 0 Å². The molecule has 0 bridgehead atoms. The van der Waals surface area contributed by atoms with E-state index in [0.717, 1.165) is 5.46 Å². The van der Waals surface area contributed by atoms with Gasteiger partial charge in [0.15, 0.2) is 0 Å². The van der Waals surface area contributed by atoms with Gasteiger partial charge in [-0.05, 0) is 56.4 Å². The van der Waals surface area contributed by atoms with Gasteiger partial charge in [0, 0.05) is 19.8 Å². The molecule has 1 fully saturated rings. The number of benzene rings is 2. The van der Waals surface area contributed by atoms with Crippen LogP contribution in [0.1, 0.15) is 45.7 Å². The van der Waals surface area contributed by atoms with E-state index in [9.17, 15) is 23.9 Å². The minimum atomic E-state index is -1.22. The summed E-state index contributed by atoms with van der Waals surface area (Å²) in [6.07, 6.45) is 0.120. The van der Waals surface area contributed by atoms with Crippen molar-refractivity contribution >= 4 is 30.4 Å². The van der Waals surface area contributed by atoms with Crippen molar-refractivity contribution in [2.45, 2.75) is 70.7 Å². The van der Waals surface area contributed by atoms with Crippen molar-refractivity contribution in [3.05, 3.63) is 65.5 Å². The molecule has 2 aromatic rings. The fourth-order valence-electron chi connectivity index (χ4n) is 3.81. The number of amides is 2. The molecule has 1 aliphatic rings. The maximum atomic E-state index is 13.2. The van der Waals surface area contributed by atoms with Gasteiger partial charge < -0.3 is 25.0 Å². The average molecular weight is 498 g/mol. The molecule has 2 atom stereocenters. The average Bonchev–Trinajstić information content (AvgIpc) is 3.01. The summed E-state index contributed by atoms with van der Waals surface area (Å²) in [5.41, 5.74) is 1.16. The Kier molecular flexibility index (Phi) is 8.21. The molecule has 192 valence electrons. The number of hydrogen-bond donors (Lipinski definition) is 3. The zero-order valence-electron chi connectivity index (χ0n) is 21.1. The number of carbonyl (C=O) groups is 3. The van der Waals surface area contributed by atoms with E-state index in [1.54, 1.807) is 12.1 Å². The lowest BCUT2D eigenvalue weighted by Crippen LogP contribution is -2.52. The molecule has 2 amide bonds. The number of rotatable bonds is 9. The Labute approximate surface area is 210 Å². The predicted molar refractivity (Wildman–Crippen MR) is 133 cm³/mol. The van der Waals surface area contributed by atoms with Gasteiger partial charge in [0.2, 0.25) is 11.8 Å². The van der Waals surface area contributed by atoms with Crippen LogP contribution in [0.25, 0.3) is 0 Å². The van der Waals surface area contributed by atoms with E-state index >= 15 is 0 Å². The van der Waals surface area contributed by atoms with E-state index in [0.29, 0.717) is 11.1 Å². The Morgan fingerprint density at radius 3 is 1.81 bits per heavy atom. The first-order valence-corrected chi connectivity index (χ1v) is 11.8. The molecule has 3 N–H and O–H groups in total. The van der Waals surface area contributed by atoms with E-state index < -0.39 is 54.0 Å². The van der Waals surface area contributed by atoms with Crippen molar-refractivity contribution < 1.29 is 33.2 Å². The Bertz CT molecular complexity index is 1090. The molecule has 8 nitrogen and oxygen atoms in total. The van der Waals surface area contributed by atoms with Gasteiger partial charge in [-0.25, -0.2) is 9.18 Å². The van der Waals surface area contributed by atoms with Gasteiger partial charge in [0.25, 0.3) is 0 Å². The zero-order chi connectivity index (χ0) is 26.7. The van der Waals surface area contributed by atoms with E-state index in [2.05, 4.69) is 10.6 Å². The molecule has 1 saturated heterocycles. The normalized spacial score (nSPS) is 17.8. The summed E-state index contributed by atoms with van der Waals surface area (Å²) in [7, 11) is -0.538. The highest BCUT2D eigenvalue weighted by Crippen LogP contribution is 2.36. The van der Waals surface area contributed by atoms with Crippen LogP contribution in [0.5, 0.6) is 0 Å². The quantitative estimate of drug-likeness (QED) is 0.456. The summed E-state index contributed by atoms with van der Waals surface area (Å²) in [6, 6.07) is 10.5. The maximum Gasteiger partial charge on any atom is 0.494 e. The largest absolute Gasteiger partial charge is 0.494 e. The van der Waals surface area contributed by atoms with E-state index in [-0.39, 0.29) is 12.8 Å². The lowest BCUT2D eigenvalue weighted by Gasteiger charge is -2.32. The molecule has 0 spiro atoms. The fourth-order valence-corrected chi connectivity index (χ4v) is 3.81. The standard InChI is InChI=1S/C26H32BFN2O6/c1-16(31)29-21(14-18-8-12-20(28)13-9-18)23(32)30-22(24(33)34)15-17-6-10-19(11-7-17)27-35-25(2,3)26(4,5)36-27/h6-13,21-22H,14-15H2,1-5H3,(H,29,31)(H,30,32)(H,33,34)/t21-,22-/m0/s1. The van der Waals surface area contributed by atoms with Gasteiger partial charge in [0.1, 0.15) is 17.9 Å². The van der Waals surface area contributed by atoms with Crippen molar-refractivity contribution in [3.63, 3.8) is 0 Å². The smallest absolute Gasteiger partial charge is 0.480 e. The highest BCUT2D eigenvalue weighted by molar-refractivity contribution is 6.62. The fraction of sp³-hybridized carbons (Fsp3) is 0.423. The summed E-state index contributed by atoms with van der Waals surface area (Å²) in [6.45, 7) is 9.12. The minimum Gasteiger partial charge on any atom is -0.480 e. The number of nitrogens with one attached hydrogen (secondary N) is 2. The van der Waals surface area contributed by atoms with E-state index in [4.69, 9.17) is 9.31 Å². The molecular weight excluding hydrogens is 466 g/mol. The third-order valence-corrected chi connectivity index (χ3v) is 6.61. The molecule has 0 radical (unpaired) electrons. The number of carboxylic acids is 1. The first-order valence-electron chi connectivity index (χ1n) is 11.8. The third kappa shape index (κ3) is 6.70. The first-order chi connectivity index (χ1) is 16.8. The monoisotopic (exact) mass is 498 g/mol. The first kappa shape index (κ1) is 27.4. The van der Waals surface area contributed by atoms with Gasteiger partial charge >= 0.3 is 13.1 Å². The van der Waals surface area contributed by atoms with Crippen LogP contribution in [0.15, 0.2) is 48.5 Å². The third-order valence-electron chi connectivity index (χ3n) is 6.61. The summed E-state index contributed by atoms with van der Waals surface area (Å²) in [4.78, 5) is 36.5. The molecule has 10 heteroatoms. The summed E-state index contributed by atoms with van der Waals surface area (Å²) in [5.74, 6) is -2.71. The Hall–Kier alpha value is -3.24. The van der Waals surface area contributed by atoms with Gasteiger partial charge in [-0.3, -0.25) is 9.59 Å². The van der Waals surface area contributed by atoms with Crippen molar-refractivity contribution in [2.24, 2.45) is 0 Å².